The molecule has 0 bridgehead atoms. The molecule has 6 aromatic rings. The minimum Gasteiger partial charge on any atom is -0.473 e. The number of rotatable bonds is 6. The molecule has 0 aliphatic carbocycles. The molecule has 1 atom stereocenters. The second-order valence-electron chi connectivity index (χ2n) is 12.4. The van der Waals surface area contributed by atoms with Gasteiger partial charge in [-0.05, 0) is 90.4 Å². The lowest BCUT2D eigenvalue weighted by Gasteiger charge is -2.37. The number of fused-ring (bicyclic) bond motifs is 3. The molecule has 0 spiro atoms. The van der Waals surface area contributed by atoms with Gasteiger partial charge in [0, 0.05) is 52.5 Å². The number of para-hydroxylation sites is 2. The lowest BCUT2D eigenvalue weighted by atomic mass is 9.83. The first-order valence-electron chi connectivity index (χ1n) is 16.5. The van der Waals surface area contributed by atoms with Gasteiger partial charge in [-0.3, -0.25) is 0 Å². The molecular formula is C43H38N2O. The fourth-order valence-corrected chi connectivity index (χ4v) is 7.14. The van der Waals surface area contributed by atoms with Gasteiger partial charge in [-0.15, -0.1) is 0 Å². The van der Waals surface area contributed by atoms with Crippen molar-refractivity contribution < 1.29 is 4.74 Å². The Labute approximate surface area is 272 Å². The van der Waals surface area contributed by atoms with Crippen LogP contribution in [0.1, 0.15) is 42.4 Å². The van der Waals surface area contributed by atoms with Crippen molar-refractivity contribution in [1.29, 1.82) is 0 Å². The van der Waals surface area contributed by atoms with E-state index >= 15 is 0 Å². The maximum atomic E-state index is 7.11. The summed E-state index contributed by atoms with van der Waals surface area (Å²) in [5.74, 6) is 0.895. The van der Waals surface area contributed by atoms with Gasteiger partial charge < -0.3 is 14.5 Å². The first kappa shape index (κ1) is 28.2. The van der Waals surface area contributed by atoms with Crippen LogP contribution >= 0.6 is 0 Å². The van der Waals surface area contributed by atoms with Crippen LogP contribution in [0, 0.1) is 0 Å². The first-order valence-corrected chi connectivity index (χ1v) is 16.5. The third-order valence-corrected chi connectivity index (χ3v) is 9.52. The smallest absolute Gasteiger partial charge is 0.178 e. The van der Waals surface area contributed by atoms with Crippen molar-refractivity contribution in [2.45, 2.75) is 31.3 Å². The quantitative estimate of drug-likeness (QED) is 0.190. The predicted molar refractivity (Wildman–Crippen MR) is 193 cm³/mol. The highest BCUT2D eigenvalue weighted by Crippen LogP contribution is 2.45. The highest BCUT2D eigenvalue weighted by atomic mass is 16.5. The minimum absolute atomic E-state index is 0.712. The van der Waals surface area contributed by atoms with Crippen molar-refractivity contribution in [3.63, 3.8) is 0 Å². The van der Waals surface area contributed by atoms with Gasteiger partial charge in [0.2, 0.25) is 0 Å². The standard InChI is InChI=1S/C43H38N2O/c1-2-13-31-44(30-12-1)36-23-21-35(22-24-36)43(34-14-6-3-7-15-34)29-28-41-40-26-25-39(32-33(40)20-27-42(41)46-43)45(37-16-8-4-9-17-37)38-18-10-5-11-19-38/h3-11,14-29,32H,1-2,12-13,30-31H2. The van der Waals surface area contributed by atoms with Gasteiger partial charge >= 0.3 is 0 Å². The molecule has 0 radical (unpaired) electrons. The van der Waals surface area contributed by atoms with Gasteiger partial charge in [-0.2, -0.15) is 0 Å². The molecule has 3 nitrogen and oxygen atoms in total. The van der Waals surface area contributed by atoms with Crippen molar-refractivity contribution in [1.82, 2.24) is 0 Å². The third kappa shape index (κ3) is 5.22. The molecule has 46 heavy (non-hydrogen) atoms. The Hall–Kier alpha value is -5.28. The van der Waals surface area contributed by atoms with Gasteiger partial charge in [0.15, 0.2) is 5.60 Å². The Morgan fingerprint density at radius 1 is 0.543 bits per heavy atom. The van der Waals surface area contributed by atoms with E-state index < -0.39 is 5.60 Å². The molecule has 226 valence electrons. The molecule has 0 N–H and O–H groups in total. The van der Waals surface area contributed by atoms with E-state index in [0.717, 1.165) is 52.6 Å². The van der Waals surface area contributed by atoms with Crippen molar-refractivity contribution >= 4 is 39.6 Å². The predicted octanol–water partition coefficient (Wildman–Crippen LogP) is 11.0. The summed E-state index contributed by atoms with van der Waals surface area (Å²) >= 11 is 0. The summed E-state index contributed by atoms with van der Waals surface area (Å²) in [5.41, 5.74) is 7.34. The molecule has 0 aromatic heterocycles. The lowest BCUT2D eigenvalue weighted by Crippen LogP contribution is -2.34. The van der Waals surface area contributed by atoms with Gasteiger partial charge in [0.25, 0.3) is 0 Å². The molecule has 3 heteroatoms. The molecule has 1 fully saturated rings. The minimum atomic E-state index is -0.712. The van der Waals surface area contributed by atoms with E-state index in [1.807, 2.05) is 0 Å². The second-order valence-corrected chi connectivity index (χ2v) is 12.4. The van der Waals surface area contributed by atoms with E-state index in [1.165, 1.54) is 42.1 Å². The maximum absolute atomic E-state index is 7.11. The zero-order valence-electron chi connectivity index (χ0n) is 26.1. The summed E-state index contributed by atoms with van der Waals surface area (Å²) in [7, 11) is 0. The highest BCUT2D eigenvalue weighted by molar-refractivity contribution is 5.97. The fourth-order valence-electron chi connectivity index (χ4n) is 7.14. The number of nitrogens with zero attached hydrogens (tertiary/aromatic N) is 2. The number of anilines is 4. The van der Waals surface area contributed by atoms with Crippen LogP contribution in [-0.2, 0) is 5.60 Å². The molecule has 6 aromatic carbocycles. The van der Waals surface area contributed by atoms with Crippen molar-refractivity contribution in [2.75, 3.05) is 22.9 Å². The number of benzene rings is 6. The van der Waals surface area contributed by atoms with Crippen LogP contribution in [0.3, 0.4) is 0 Å². The lowest BCUT2D eigenvalue weighted by molar-refractivity contribution is 0.161. The van der Waals surface area contributed by atoms with E-state index in [-0.39, 0.29) is 0 Å². The summed E-state index contributed by atoms with van der Waals surface area (Å²) < 4.78 is 7.11. The number of hydrogen-bond donors (Lipinski definition) is 0. The van der Waals surface area contributed by atoms with E-state index in [0.29, 0.717) is 0 Å². The monoisotopic (exact) mass is 598 g/mol. The summed E-state index contributed by atoms with van der Waals surface area (Å²) in [6, 6.07) is 51.9. The molecule has 2 aliphatic rings. The average Bonchev–Trinajstić information content (AvgIpc) is 3.43. The largest absolute Gasteiger partial charge is 0.473 e. The summed E-state index contributed by atoms with van der Waals surface area (Å²) in [6.45, 7) is 2.27. The van der Waals surface area contributed by atoms with Gasteiger partial charge in [0.05, 0.1) is 0 Å². The second kappa shape index (κ2) is 12.3. The number of hydrogen-bond acceptors (Lipinski definition) is 3. The SMILES string of the molecule is C1=CC(c2ccccc2)(c2ccc(N3CCCCCC3)cc2)Oc2ccc3cc(N(c4ccccc4)c4ccccc4)ccc3c21. The van der Waals surface area contributed by atoms with E-state index in [2.05, 4.69) is 168 Å². The molecular weight excluding hydrogens is 560 g/mol. The molecule has 1 unspecified atom stereocenters. The van der Waals surface area contributed by atoms with Gasteiger partial charge in [0.1, 0.15) is 5.75 Å². The molecule has 0 amide bonds. The van der Waals surface area contributed by atoms with Crippen molar-refractivity contribution in [3.8, 4) is 5.75 Å². The molecule has 1 saturated heterocycles. The van der Waals surface area contributed by atoms with Crippen molar-refractivity contribution in [2.24, 2.45) is 0 Å². The summed E-state index contributed by atoms with van der Waals surface area (Å²) in [5, 5.41) is 2.35. The van der Waals surface area contributed by atoms with Crippen molar-refractivity contribution in [3.05, 3.63) is 168 Å². The normalized spacial score (nSPS) is 17.6. The van der Waals surface area contributed by atoms with E-state index in [4.69, 9.17) is 4.74 Å². The Morgan fingerprint density at radius 2 is 1.15 bits per heavy atom. The zero-order chi connectivity index (χ0) is 30.8. The summed E-state index contributed by atoms with van der Waals surface area (Å²) in [4.78, 5) is 4.84. The Kier molecular flexibility index (Phi) is 7.51. The average molecular weight is 599 g/mol. The van der Waals surface area contributed by atoms with E-state index in [1.54, 1.807) is 0 Å². The van der Waals surface area contributed by atoms with Crippen LogP contribution in [0.15, 0.2) is 152 Å². The molecule has 8 rings (SSSR count). The van der Waals surface area contributed by atoms with Crippen LogP contribution < -0.4 is 14.5 Å². The topological polar surface area (TPSA) is 15.7 Å². The zero-order valence-corrected chi connectivity index (χ0v) is 26.1. The van der Waals surface area contributed by atoms with Crippen LogP contribution in [0.4, 0.5) is 22.7 Å². The maximum Gasteiger partial charge on any atom is 0.178 e. The van der Waals surface area contributed by atoms with Gasteiger partial charge in [-0.1, -0.05) is 104 Å². The third-order valence-electron chi connectivity index (χ3n) is 9.52. The summed E-state index contributed by atoms with van der Waals surface area (Å²) in [6.07, 6.45) is 9.71. The van der Waals surface area contributed by atoms with Crippen LogP contribution in [0.5, 0.6) is 5.75 Å². The van der Waals surface area contributed by atoms with Gasteiger partial charge in [-0.25, -0.2) is 0 Å². The number of ether oxygens (including phenoxy) is 1. The Morgan fingerprint density at radius 3 is 1.80 bits per heavy atom. The first-order chi connectivity index (χ1) is 22.8. The van der Waals surface area contributed by atoms with Crippen LogP contribution in [0.25, 0.3) is 16.8 Å². The molecule has 2 heterocycles. The van der Waals surface area contributed by atoms with Crippen LogP contribution in [-0.4, -0.2) is 13.1 Å². The molecule has 0 saturated carbocycles. The molecule has 2 aliphatic heterocycles. The van der Waals surface area contributed by atoms with E-state index in [9.17, 15) is 0 Å². The fraction of sp³-hybridized carbons (Fsp3) is 0.163. The highest BCUT2D eigenvalue weighted by Gasteiger charge is 2.37. The Bertz CT molecular complexity index is 1920. The van der Waals surface area contributed by atoms with Crippen LogP contribution in [0.2, 0.25) is 0 Å². The Balaban J connectivity index is 1.18.